The highest BCUT2D eigenvalue weighted by molar-refractivity contribution is 7.39. The van der Waals surface area contributed by atoms with Gasteiger partial charge in [0.05, 0.1) is 16.0 Å². The van der Waals surface area contributed by atoms with Crippen LogP contribution in [-0.2, 0) is 10.2 Å². The van der Waals surface area contributed by atoms with Crippen LogP contribution in [0, 0.1) is 0 Å². The van der Waals surface area contributed by atoms with Crippen LogP contribution in [0.3, 0.4) is 0 Å². The Hall–Kier alpha value is -2.16. The van der Waals surface area contributed by atoms with Crippen molar-refractivity contribution in [2.24, 2.45) is 0 Å². The molecule has 0 saturated carbocycles. The minimum absolute atomic E-state index is 0.0939. The SMILES string of the molecule is O=C(NC1CCN(CCCCC2(C(=O)CCCC(F)(P)P)c3ccccc3-c3ccccc32)C1)c1ccccc1Cl. The minimum atomic E-state index is -1.45. The number of halogens is 2. The van der Waals surface area contributed by atoms with E-state index >= 15 is 0 Å². The molecule has 0 radical (unpaired) electrons. The van der Waals surface area contributed by atoms with E-state index in [1.54, 1.807) is 12.1 Å². The summed E-state index contributed by atoms with van der Waals surface area (Å²) in [6.07, 6.45) is 4.62. The van der Waals surface area contributed by atoms with Crippen LogP contribution in [-0.4, -0.2) is 47.4 Å². The van der Waals surface area contributed by atoms with Crippen molar-refractivity contribution in [3.05, 3.63) is 94.5 Å². The van der Waals surface area contributed by atoms with Crippen LogP contribution in [0.25, 0.3) is 11.1 Å². The number of unbranched alkanes of at least 4 members (excludes halogenated alkanes) is 1. The third kappa shape index (κ3) is 6.75. The fourth-order valence-electron chi connectivity index (χ4n) is 6.56. The molecule has 1 aliphatic heterocycles. The van der Waals surface area contributed by atoms with Gasteiger partial charge in [0.2, 0.25) is 0 Å². The molecule has 216 valence electrons. The second-order valence-electron chi connectivity index (χ2n) is 11.4. The highest BCUT2D eigenvalue weighted by atomic mass is 35.5. The van der Waals surface area contributed by atoms with Gasteiger partial charge >= 0.3 is 0 Å². The van der Waals surface area contributed by atoms with Gasteiger partial charge in [0.25, 0.3) is 5.91 Å². The Morgan fingerprint density at radius 3 is 2.24 bits per heavy atom. The first-order chi connectivity index (χ1) is 19.7. The molecule has 5 rings (SSSR count). The lowest BCUT2D eigenvalue weighted by atomic mass is 9.70. The molecular formula is C33H38ClFN2O2P2. The zero-order chi connectivity index (χ0) is 29.0. The average molecular weight is 611 g/mol. The molecule has 3 atom stereocenters. The summed E-state index contributed by atoms with van der Waals surface area (Å²) in [4.78, 5) is 29.2. The zero-order valence-electron chi connectivity index (χ0n) is 23.3. The highest BCUT2D eigenvalue weighted by Crippen LogP contribution is 2.52. The summed E-state index contributed by atoms with van der Waals surface area (Å²) in [5, 5.41) is 2.15. The minimum Gasteiger partial charge on any atom is -0.348 e. The first kappa shape index (κ1) is 30.3. The van der Waals surface area contributed by atoms with E-state index in [1.807, 2.05) is 36.4 Å². The molecular weight excluding hydrogens is 573 g/mol. The predicted octanol–water partition coefficient (Wildman–Crippen LogP) is 7.39. The van der Waals surface area contributed by atoms with E-state index in [0.29, 0.717) is 29.8 Å². The third-order valence-corrected chi connectivity index (χ3v) is 9.41. The smallest absolute Gasteiger partial charge is 0.253 e. The van der Waals surface area contributed by atoms with E-state index in [2.05, 4.69) is 53.0 Å². The van der Waals surface area contributed by atoms with E-state index in [0.717, 1.165) is 67.6 Å². The number of fused-ring (bicyclic) bond motifs is 3. The summed E-state index contributed by atoms with van der Waals surface area (Å²) in [5.41, 5.74) is 4.23. The number of hydrogen-bond donors (Lipinski definition) is 1. The van der Waals surface area contributed by atoms with E-state index in [9.17, 15) is 14.0 Å². The Balaban J connectivity index is 1.24. The molecule has 0 aromatic heterocycles. The lowest BCUT2D eigenvalue weighted by Crippen LogP contribution is -2.37. The lowest BCUT2D eigenvalue weighted by Gasteiger charge is -2.31. The summed E-state index contributed by atoms with van der Waals surface area (Å²) >= 11 is 6.20. The molecule has 1 saturated heterocycles. The van der Waals surface area contributed by atoms with Gasteiger partial charge in [-0.1, -0.05) is 97.2 Å². The van der Waals surface area contributed by atoms with Gasteiger partial charge in [-0.25, -0.2) is 4.39 Å². The number of Topliss-reactive ketones (excluding diaryl/α,β-unsaturated/α-hetero) is 1. The normalized spacial score (nSPS) is 17.7. The maximum absolute atomic E-state index is 14.2. The van der Waals surface area contributed by atoms with Crippen LogP contribution in [0.2, 0.25) is 5.02 Å². The predicted molar refractivity (Wildman–Crippen MR) is 172 cm³/mol. The van der Waals surface area contributed by atoms with Crippen LogP contribution >= 0.6 is 30.1 Å². The Labute approximate surface area is 252 Å². The number of ketones is 1. The van der Waals surface area contributed by atoms with E-state index in [1.165, 1.54) is 0 Å². The van der Waals surface area contributed by atoms with E-state index in [4.69, 9.17) is 11.6 Å². The molecule has 41 heavy (non-hydrogen) atoms. The van der Waals surface area contributed by atoms with Crippen molar-refractivity contribution in [2.45, 2.75) is 61.6 Å². The molecule has 0 bridgehead atoms. The van der Waals surface area contributed by atoms with Crippen molar-refractivity contribution in [1.29, 1.82) is 0 Å². The molecule has 1 fully saturated rings. The van der Waals surface area contributed by atoms with Gasteiger partial charge in [-0.2, -0.15) is 0 Å². The number of rotatable bonds is 12. The molecule has 1 heterocycles. The number of nitrogens with zero attached hydrogens (tertiary/aromatic N) is 1. The van der Waals surface area contributed by atoms with Crippen molar-refractivity contribution in [3.63, 3.8) is 0 Å². The van der Waals surface area contributed by atoms with Crippen molar-refractivity contribution in [1.82, 2.24) is 10.2 Å². The van der Waals surface area contributed by atoms with Gasteiger partial charge in [-0.15, -0.1) is 0 Å². The number of benzene rings is 3. The van der Waals surface area contributed by atoms with Gasteiger partial charge in [-0.05, 0) is 73.0 Å². The summed E-state index contributed by atoms with van der Waals surface area (Å²) < 4.78 is 14.2. The molecule has 3 unspecified atom stereocenters. The van der Waals surface area contributed by atoms with Crippen LogP contribution < -0.4 is 5.32 Å². The molecule has 1 amide bonds. The van der Waals surface area contributed by atoms with Crippen LogP contribution in [0.5, 0.6) is 0 Å². The largest absolute Gasteiger partial charge is 0.348 e. The molecule has 1 N–H and O–H groups in total. The topological polar surface area (TPSA) is 49.4 Å². The van der Waals surface area contributed by atoms with Crippen molar-refractivity contribution in [2.75, 3.05) is 19.6 Å². The molecule has 3 aromatic carbocycles. The highest BCUT2D eigenvalue weighted by Gasteiger charge is 2.47. The number of carbonyl (C=O) groups excluding carboxylic acids is 2. The van der Waals surface area contributed by atoms with Gasteiger partial charge in [0, 0.05) is 25.6 Å². The van der Waals surface area contributed by atoms with E-state index < -0.39 is 10.6 Å². The number of likely N-dealkylation sites (tertiary alicyclic amines) is 1. The Kier molecular flexibility index (Phi) is 9.61. The van der Waals surface area contributed by atoms with Crippen molar-refractivity contribution in [3.8, 4) is 11.1 Å². The average Bonchev–Trinajstić information content (AvgIpc) is 3.51. The lowest BCUT2D eigenvalue weighted by molar-refractivity contribution is -0.123. The van der Waals surface area contributed by atoms with Gasteiger partial charge < -0.3 is 10.2 Å². The fourth-order valence-corrected chi connectivity index (χ4v) is 7.19. The summed E-state index contributed by atoms with van der Waals surface area (Å²) in [6.45, 7) is 2.65. The van der Waals surface area contributed by atoms with E-state index in [-0.39, 0.29) is 17.7 Å². The van der Waals surface area contributed by atoms with Gasteiger partial charge in [0.15, 0.2) is 0 Å². The zero-order valence-corrected chi connectivity index (χ0v) is 26.3. The maximum Gasteiger partial charge on any atom is 0.253 e. The molecule has 4 nitrogen and oxygen atoms in total. The first-order valence-electron chi connectivity index (χ1n) is 14.5. The molecule has 1 aliphatic carbocycles. The van der Waals surface area contributed by atoms with Crippen molar-refractivity contribution < 1.29 is 14.0 Å². The number of amides is 1. The van der Waals surface area contributed by atoms with Crippen LogP contribution in [0.15, 0.2) is 72.8 Å². The molecule has 8 heteroatoms. The fraction of sp³-hybridized carbons (Fsp3) is 0.394. The standard InChI is InChI=1S/C33H38ClFN2O2P2/c34-29-15-6-3-12-26(29)31(39)36-23-17-21-37(22-23)20-8-7-18-32(30(38)16-9-19-33(35,40)41)27-13-4-1-10-24(27)25-11-2-5-14-28(25)32/h1-6,10-15,23H,7-9,16-22,40-41H2,(H,36,39). The number of alkyl halides is 1. The summed E-state index contributed by atoms with van der Waals surface area (Å²) in [6, 6.07) is 23.7. The quantitative estimate of drug-likeness (QED) is 0.172. The second kappa shape index (κ2) is 13.0. The first-order valence-corrected chi connectivity index (χ1v) is 16.0. The Bertz CT molecular complexity index is 1360. The monoisotopic (exact) mass is 610 g/mol. The maximum atomic E-state index is 14.2. The number of carbonyl (C=O) groups is 2. The number of hydrogen-bond acceptors (Lipinski definition) is 3. The molecule has 0 spiro atoms. The summed E-state index contributed by atoms with van der Waals surface area (Å²) in [5.74, 6) is 0.0486. The Morgan fingerprint density at radius 1 is 0.951 bits per heavy atom. The van der Waals surface area contributed by atoms with Crippen molar-refractivity contribution >= 4 is 41.8 Å². The van der Waals surface area contributed by atoms with Gasteiger partial charge in [-0.3, -0.25) is 9.59 Å². The third-order valence-electron chi connectivity index (χ3n) is 8.51. The molecule has 2 aliphatic rings. The molecule has 3 aromatic rings. The second-order valence-corrected chi connectivity index (χ2v) is 14.4. The van der Waals surface area contributed by atoms with Crippen LogP contribution in [0.4, 0.5) is 4.39 Å². The van der Waals surface area contributed by atoms with Gasteiger partial charge in [0.1, 0.15) is 10.9 Å². The summed E-state index contributed by atoms with van der Waals surface area (Å²) in [7, 11) is 4.42. The number of nitrogens with one attached hydrogen (secondary N) is 1. The Morgan fingerprint density at radius 2 is 1.59 bits per heavy atom. The van der Waals surface area contributed by atoms with Crippen LogP contribution in [0.1, 0.15) is 66.4 Å².